The van der Waals surface area contributed by atoms with Crippen LogP contribution in [-0.2, 0) is 6.42 Å². The third-order valence-corrected chi connectivity index (χ3v) is 4.44. The molecule has 0 aliphatic carbocycles. The van der Waals surface area contributed by atoms with E-state index in [0.29, 0.717) is 5.56 Å². The van der Waals surface area contributed by atoms with Gasteiger partial charge < -0.3 is 0 Å². The largest absolute Gasteiger partial charge is 0.396 e. The predicted octanol–water partition coefficient (Wildman–Crippen LogP) is 7.02. The molecular formula is C23H17F5. The van der Waals surface area contributed by atoms with Crippen molar-refractivity contribution in [3.63, 3.8) is 0 Å². The summed E-state index contributed by atoms with van der Waals surface area (Å²) in [6, 6.07) is 17.4. The fraction of sp³-hybridized carbons (Fsp3) is 0.130. The highest BCUT2D eigenvalue weighted by Crippen LogP contribution is 2.37. The van der Waals surface area contributed by atoms with Crippen molar-refractivity contribution in [3.8, 4) is 0 Å². The summed E-state index contributed by atoms with van der Waals surface area (Å²) in [4.78, 5) is 0. The maximum atomic E-state index is 14.4. The van der Waals surface area contributed by atoms with Crippen LogP contribution < -0.4 is 0 Å². The Morgan fingerprint density at radius 2 is 1.36 bits per heavy atom. The Balaban J connectivity index is 1.80. The van der Waals surface area contributed by atoms with E-state index >= 15 is 0 Å². The van der Waals surface area contributed by atoms with Crippen molar-refractivity contribution >= 4 is 12.2 Å². The van der Waals surface area contributed by atoms with Crippen LogP contribution in [-0.4, -0.2) is 6.18 Å². The van der Waals surface area contributed by atoms with Crippen molar-refractivity contribution in [1.29, 1.82) is 0 Å². The van der Waals surface area contributed by atoms with E-state index < -0.39 is 24.3 Å². The first-order valence-corrected chi connectivity index (χ1v) is 8.66. The van der Waals surface area contributed by atoms with Crippen LogP contribution in [0.3, 0.4) is 0 Å². The molecule has 1 atom stereocenters. The molecule has 0 saturated carbocycles. The zero-order valence-corrected chi connectivity index (χ0v) is 14.8. The smallest absolute Gasteiger partial charge is 0.207 e. The van der Waals surface area contributed by atoms with Crippen LogP contribution in [0.1, 0.15) is 28.2 Å². The molecule has 3 rings (SSSR count). The Hall–Kier alpha value is -2.95. The lowest BCUT2D eigenvalue weighted by Gasteiger charge is -2.21. The Morgan fingerprint density at radius 3 is 1.96 bits per heavy atom. The summed E-state index contributed by atoms with van der Waals surface area (Å²) in [5, 5.41) is 0. The van der Waals surface area contributed by atoms with Gasteiger partial charge in [0.1, 0.15) is 11.6 Å². The summed E-state index contributed by atoms with van der Waals surface area (Å²) in [6.07, 6.45) is -1.65. The van der Waals surface area contributed by atoms with Gasteiger partial charge in [-0.15, -0.1) is 0 Å². The van der Waals surface area contributed by atoms with Crippen LogP contribution in [0.15, 0.2) is 72.8 Å². The Morgan fingerprint density at radius 1 is 0.750 bits per heavy atom. The van der Waals surface area contributed by atoms with E-state index in [-0.39, 0.29) is 16.9 Å². The Kier molecular flexibility index (Phi) is 5.93. The van der Waals surface area contributed by atoms with Gasteiger partial charge in [-0.25, -0.2) is 8.78 Å². The fourth-order valence-electron chi connectivity index (χ4n) is 2.93. The van der Waals surface area contributed by atoms with Crippen LogP contribution in [0.4, 0.5) is 22.0 Å². The normalized spacial score (nSPS) is 13.0. The van der Waals surface area contributed by atoms with Gasteiger partial charge in [0.05, 0.1) is 5.92 Å². The number of benzene rings is 3. The van der Waals surface area contributed by atoms with Crippen LogP contribution in [0.25, 0.3) is 12.2 Å². The molecule has 3 aromatic carbocycles. The van der Waals surface area contributed by atoms with E-state index in [1.807, 2.05) is 0 Å². The molecule has 144 valence electrons. The van der Waals surface area contributed by atoms with Crippen molar-refractivity contribution < 1.29 is 22.0 Å². The van der Waals surface area contributed by atoms with Crippen molar-refractivity contribution in [3.05, 3.63) is 107 Å². The maximum absolute atomic E-state index is 14.4. The van der Waals surface area contributed by atoms with Crippen molar-refractivity contribution in [2.24, 2.45) is 0 Å². The number of halogens is 5. The molecule has 0 unspecified atom stereocenters. The van der Waals surface area contributed by atoms with E-state index in [0.717, 1.165) is 5.56 Å². The minimum Gasteiger partial charge on any atom is -0.207 e. The lowest BCUT2D eigenvalue weighted by molar-refractivity contribution is -0.150. The Bertz CT molecular complexity index is 941. The van der Waals surface area contributed by atoms with E-state index in [1.54, 1.807) is 36.4 Å². The standard InChI is InChI=1S/C23H17F5/c24-20-12-9-16(10-13-20)6-7-17-8-11-19(22(25)14-17)15-21(23(26,27)28)18-4-2-1-3-5-18/h1-14,21H,15H2/b7-6+/t21-/m1/s1. The van der Waals surface area contributed by atoms with Gasteiger partial charge in [0.25, 0.3) is 0 Å². The third-order valence-electron chi connectivity index (χ3n) is 4.44. The summed E-state index contributed by atoms with van der Waals surface area (Å²) in [7, 11) is 0. The van der Waals surface area contributed by atoms with Crippen LogP contribution in [0, 0.1) is 11.6 Å². The molecule has 0 saturated heterocycles. The van der Waals surface area contributed by atoms with Gasteiger partial charge in [-0.05, 0) is 46.9 Å². The molecule has 0 aromatic heterocycles. The second-order valence-electron chi connectivity index (χ2n) is 6.44. The van der Waals surface area contributed by atoms with Gasteiger partial charge >= 0.3 is 6.18 Å². The highest BCUT2D eigenvalue weighted by Gasteiger charge is 2.40. The fourth-order valence-corrected chi connectivity index (χ4v) is 2.93. The summed E-state index contributed by atoms with van der Waals surface area (Å²) in [6.45, 7) is 0. The molecule has 0 heterocycles. The second kappa shape index (κ2) is 8.38. The van der Waals surface area contributed by atoms with Gasteiger partial charge in [0.15, 0.2) is 0 Å². The number of hydrogen-bond donors (Lipinski definition) is 0. The molecule has 0 aliphatic rings. The molecule has 28 heavy (non-hydrogen) atoms. The summed E-state index contributed by atoms with van der Waals surface area (Å²) >= 11 is 0. The number of alkyl halides is 3. The summed E-state index contributed by atoms with van der Waals surface area (Å²) in [5.41, 5.74) is 1.35. The topological polar surface area (TPSA) is 0 Å². The molecule has 0 bridgehead atoms. The van der Waals surface area contributed by atoms with Crippen molar-refractivity contribution in [1.82, 2.24) is 0 Å². The van der Waals surface area contributed by atoms with Gasteiger partial charge in [-0.3, -0.25) is 0 Å². The van der Waals surface area contributed by atoms with Crippen LogP contribution >= 0.6 is 0 Å². The first-order chi connectivity index (χ1) is 13.3. The first-order valence-electron chi connectivity index (χ1n) is 8.66. The number of hydrogen-bond acceptors (Lipinski definition) is 0. The lowest BCUT2D eigenvalue weighted by atomic mass is 9.91. The highest BCUT2D eigenvalue weighted by atomic mass is 19.4. The summed E-state index contributed by atoms with van der Waals surface area (Å²) in [5.74, 6) is -2.82. The van der Waals surface area contributed by atoms with E-state index in [1.165, 1.54) is 48.5 Å². The molecule has 0 aliphatic heterocycles. The highest BCUT2D eigenvalue weighted by molar-refractivity contribution is 5.69. The monoisotopic (exact) mass is 388 g/mol. The van der Waals surface area contributed by atoms with Crippen LogP contribution in [0.5, 0.6) is 0 Å². The van der Waals surface area contributed by atoms with Gasteiger partial charge in [0, 0.05) is 0 Å². The second-order valence-corrected chi connectivity index (χ2v) is 6.44. The SMILES string of the molecule is Fc1ccc(/C=C/c2ccc(C[C@H](c3ccccc3)C(F)(F)F)c(F)c2)cc1. The molecule has 0 N–H and O–H groups in total. The van der Waals surface area contributed by atoms with Gasteiger partial charge in [-0.2, -0.15) is 13.2 Å². The average Bonchev–Trinajstić information content (AvgIpc) is 2.66. The zero-order valence-electron chi connectivity index (χ0n) is 14.8. The maximum Gasteiger partial charge on any atom is 0.396 e. The predicted molar refractivity (Wildman–Crippen MR) is 101 cm³/mol. The summed E-state index contributed by atoms with van der Waals surface area (Å²) < 4.78 is 67.8. The van der Waals surface area contributed by atoms with Crippen molar-refractivity contribution in [2.45, 2.75) is 18.5 Å². The quantitative estimate of drug-likeness (QED) is 0.325. The minimum absolute atomic E-state index is 0.00473. The molecule has 5 heteroatoms. The van der Waals surface area contributed by atoms with Crippen molar-refractivity contribution in [2.75, 3.05) is 0 Å². The molecule has 0 amide bonds. The van der Waals surface area contributed by atoms with Crippen LogP contribution in [0.2, 0.25) is 0 Å². The molecule has 0 radical (unpaired) electrons. The lowest BCUT2D eigenvalue weighted by Crippen LogP contribution is -2.23. The minimum atomic E-state index is -4.48. The molecular weight excluding hydrogens is 371 g/mol. The molecule has 0 fully saturated rings. The molecule has 3 aromatic rings. The van der Waals surface area contributed by atoms with E-state index in [4.69, 9.17) is 0 Å². The number of rotatable bonds is 5. The Labute approximate surface area is 160 Å². The van der Waals surface area contributed by atoms with E-state index in [9.17, 15) is 22.0 Å². The zero-order chi connectivity index (χ0) is 20.1. The van der Waals surface area contributed by atoms with Gasteiger partial charge in [0.2, 0.25) is 0 Å². The average molecular weight is 388 g/mol. The first kappa shape index (κ1) is 19.8. The van der Waals surface area contributed by atoms with Gasteiger partial charge in [-0.1, -0.05) is 66.7 Å². The van der Waals surface area contributed by atoms with E-state index in [2.05, 4.69) is 0 Å². The molecule has 0 spiro atoms. The molecule has 0 nitrogen and oxygen atoms in total. The third kappa shape index (κ3) is 5.06.